The summed E-state index contributed by atoms with van der Waals surface area (Å²) in [6, 6.07) is 10.8. The molecule has 2 heterocycles. The van der Waals surface area contributed by atoms with E-state index in [1.54, 1.807) is 24.4 Å². The number of nitrogens with zero attached hydrogens (tertiary/aromatic N) is 1. The van der Waals surface area contributed by atoms with Gasteiger partial charge in [0.05, 0.1) is 18.8 Å². The summed E-state index contributed by atoms with van der Waals surface area (Å²) in [4.78, 5) is 28.0. The van der Waals surface area contributed by atoms with Crippen molar-refractivity contribution in [2.75, 3.05) is 18.5 Å². The maximum absolute atomic E-state index is 12.1. The van der Waals surface area contributed by atoms with Crippen molar-refractivity contribution in [3.05, 3.63) is 71.6 Å². The maximum atomic E-state index is 12.1. The lowest BCUT2D eigenvalue weighted by Crippen LogP contribution is -2.21. The number of rotatable bonds is 5. The van der Waals surface area contributed by atoms with E-state index in [-0.39, 0.29) is 11.8 Å². The quantitative estimate of drug-likeness (QED) is 0.812. The predicted octanol–water partition coefficient (Wildman–Crippen LogP) is 2.69. The van der Waals surface area contributed by atoms with E-state index in [2.05, 4.69) is 15.6 Å². The molecule has 0 saturated carbocycles. The van der Waals surface area contributed by atoms with Gasteiger partial charge in [-0.3, -0.25) is 14.6 Å². The molecular weight excluding hydrogens is 330 g/mol. The number of nitrogens with one attached hydrogen (secondary N) is 2. The first kappa shape index (κ1) is 17.8. The Morgan fingerprint density at radius 1 is 1.12 bits per heavy atom. The Kier molecular flexibility index (Phi) is 6.11. The largest absolute Gasteiger partial charge is 0.381 e. The van der Waals surface area contributed by atoms with Crippen LogP contribution >= 0.6 is 0 Å². The molecule has 134 valence electrons. The molecule has 2 aromatic rings. The number of pyridine rings is 1. The third kappa shape index (κ3) is 5.26. The monoisotopic (exact) mass is 351 g/mol. The van der Waals surface area contributed by atoms with Crippen LogP contribution in [0.25, 0.3) is 0 Å². The summed E-state index contributed by atoms with van der Waals surface area (Å²) in [5.74, 6) is -0.293. The summed E-state index contributed by atoms with van der Waals surface area (Å²) >= 11 is 0. The highest BCUT2D eigenvalue weighted by Gasteiger charge is 2.08. The van der Waals surface area contributed by atoms with Gasteiger partial charge < -0.3 is 15.4 Å². The van der Waals surface area contributed by atoms with Gasteiger partial charge in [-0.1, -0.05) is 17.7 Å². The van der Waals surface area contributed by atoms with E-state index >= 15 is 0 Å². The number of benzene rings is 1. The maximum Gasteiger partial charge on any atom is 0.257 e. The topological polar surface area (TPSA) is 80.3 Å². The fourth-order valence-electron chi connectivity index (χ4n) is 2.61. The molecule has 3 rings (SSSR count). The Bertz CT molecular complexity index is 778. The van der Waals surface area contributed by atoms with Crippen molar-refractivity contribution in [1.29, 1.82) is 0 Å². The van der Waals surface area contributed by atoms with Crippen LogP contribution in [0.5, 0.6) is 0 Å². The Balaban J connectivity index is 1.50. The first-order valence-electron chi connectivity index (χ1n) is 8.56. The lowest BCUT2D eigenvalue weighted by Gasteiger charge is -2.14. The first-order valence-corrected chi connectivity index (χ1v) is 8.56. The Morgan fingerprint density at radius 3 is 2.58 bits per heavy atom. The van der Waals surface area contributed by atoms with Crippen LogP contribution in [0.4, 0.5) is 5.69 Å². The van der Waals surface area contributed by atoms with E-state index in [1.165, 1.54) is 6.20 Å². The van der Waals surface area contributed by atoms with Gasteiger partial charge in [-0.05, 0) is 42.7 Å². The fraction of sp³-hybridized carbons (Fsp3) is 0.250. The normalized spacial score (nSPS) is 13.8. The molecule has 1 aliphatic heterocycles. The molecule has 1 fully saturated rings. The third-order valence-corrected chi connectivity index (χ3v) is 4.07. The molecule has 1 aromatic carbocycles. The molecule has 2 amide bonds. The molecule has 6 heteroatoms. The zero-order valence-corrected chi connectivity index (χ0v) is 14.4. The number of amides is 2. The number of aromatic nitrogens is 1. The Hall–Kier alpha value is -2.99. The lowest BCUT2D eigenvalue weighted by atomic mass is 10.1. The van der Waals surface area contributed by atoms with E-state index in [0.717, 1.165) is 24.0 Å². The van der Waals surface area contributed by atoms with Gasteiger partial charge in [0.1, 0.15) is 0 Å². The summed E-state index contributed by atoms with van der Waals surface area (Å²) in [6.07, 6.45) is 6.45. The minimum Gasteiger partial charge on any atom is -0.381 e. The number of carbonyl (C=O) groups excluding carboxylic acids is 2. The second-order valence-corrected chi connectivity index (χ2v) is 6.03. The Labute approximate surface area is 152 Å². The number of hydrogen-bond donors (Lipinski definition) is 2. The van der Waals surface area contributed by atoms with Gasteiger partial charge in [-0.25, -0.2) is 0 Å². The zero-order chi connectivity index (χ0) is 18.2. The second kappa shape index (κ2) is 8.92. The Morgan fingerprint density at radius 2 is 1.88 bits per heavy atom. The average Bonchev–Trinajstić information content (AvgIpc) is 2.69. The van der Waals surface area contributed by atoms with Gasteiger partial charge in [0.15, 0.2) is 0 Å². The molecule has 26 heavy (non-hydrogen) atoms. The molecular formula is C20H21N3O3. The van der Waals surface area contributed by atoms with Gasteiger partial charge in [-0.2, -0.15) is 0 Å². The summed E-state index contributed by atoms with van der Waals surface area (Å²) in [5.41, 5.74) is 3.29. The van der Waals surface area contributed by atoms with Crippen LogP contribution in [0.3, 0.4) is 0 Å². The van der Waals surface area contributed by atoms with Crippen LogP contribution in [0.15, 0.2) is 60.4 Å². The van der Waals surface area contributed by atoms with E-state index < -0.39 is 0 Å². The van der Waals surface area contributed by atoms with Crippen molar-refractivity contribution in [3.63, 3.8) is 0 Å². The molecule has 1 saturated heterocycles. The zero-order valence-electron chi connectivity index (χ0n) is 14.4. The fourth-order valence-corrected chi connectivity index (χ4v) is 2.61. The summed E-state index contributed by atoms with van der Waals surface area (Å²) in [5, 5.41) is 5.70. The number of carbonyl (C=O) groups is 2. The highest BCUT2D eigenvalue weighted by atomic mass is 16.5. The minimum absolute atomic E-state index is 0.0872. The number of ether oxygens (including phenoxy) is 1. The second-order valence-electron chi connectivity index (χ2n) is 6.03. The number of hydrogen-bond acceptors (Lipinski definition) is 4. The smallest absolute Gasteiger partial charge is 0.257 e. The molecule has 0 unspecified atom stereocenters. The third-order valence-electron chi connectivity index (χ3n) is 4.07. The highest BCUT2D eigenvalue weighted by molar-refractivity contribution is 6.04. The molecule has 1 aliphatic rings. The van der Waals surface area contributed by atoms with Crippen molar-refractivity contribution >= 4 is 17.5 Å². The molecule has 1 aromatic heterocycles. The van der Waals surface area contributed by atoms with Gasteiger partial charge >= 0.3 is 0 Å². The average molecular weight is 351 g/mol. The van der Waals surface area contributed by atoms with Crippen molar-refractivity contribution in [2.24, 2.45) is 0 Å². The van der Waals surface area contributed by atoms with E-state index in [9.17, 15) is 9.59 Å². The lowest BCUT2D eigenvalue weighted by molar-refractivity contribution is -0.116. The summed E-state index contributed by atoms with van der Waals surface area (Å²) in [6.45, 7) is 1.81. The minimum atomic E-state index is -0.206. The van der Waals surface area contributed by atoms with Crippen molar-refractivity contribution < 1.29 is 14.3 Å². The van der Waals surface area contributed by atoms with Gasteiger partial charge in [0.2, 0.25) is 5.91 Å². The molecule has 6 nitrogen and oxygen atoms in total. The van der Waals surface area contributed by atoms with Gasteiger partial charge in [-0.15, -0.1) is 0 Å². The molecule has 0 radical (unpaired) electrons. The van der Waals surface area contributed by atoms with Crippen LogP contribution in [-0.4, -0.2) is 30.0 Å². The van der Waals surface area contributed by atoms with Gasteiger partial charge in [0, 0.05) is 30.7 Å². The summed E-state index contributed by atoms with van der Waals surface area (Å²) < 4.78 is 5.27. The SMILES string of the molecule is O=C(C=C1CCOCC1)NCc1ccc(NC(=O)c2cccnc2)cc1. The van der Waals surface area contributed by atoms with Crippen LogP contribution in [0, 0.1) is 0 Å². The number of anilines is 1. The molecule has 0 atom stereocenters. The molecule has 2 N–H and O–H groups in total. The van der Waals surface area contributed by atoms with E-state index in [4.69, 9.17) is 4.74 Å². The molecule has 0 aliphatic carbocycles. The van der Waals surface area contributed by atoms with Crippen molar-refractivity contribution in [3.8, 4) is 0 Å². The van der Waals surface area contributed by atoms with Crippen LogP contribution in [0.1, 0.15) is 28.8 Å². The van der Waals surface area contributed by atoms with Gasteiger partial charge in [0.25, 0.3) is 5.91 Å². The van der Waals surface area contributed by atoms with Crippen LogP contribution in [0.2, 0.25) is 0 Å². The van der Waals surface area contributed by atoms with Crippen molar-refractivity contribution in [2.45, 2.75) is 19.4 Å². The van der Waals surface area contributed by atoms with Crippen LogP contribution < -0.4 is 10.6 Å². The standard InChI is InChI=1S/C20H21N3O3/c24-19(12-15-7-10-26-11-8-15)22-13-16-3-5-18(6-4-16)23-20(25)17-2-1-9-21-14-17/h1-6,9,12,14H,7-8,10-11,13H2,(H,22,24)(H,23,25). The molecule has 0 spiro atoms. The van der Waals surface area contributed by atoms with E-state index in [0.29, 0.717) is 31.0 Å². The molecule has 0 bridgehead atoms. The van der Waals surface area contributed by atoms with Crippen molar-refractivity contribution in [1.82, 2.24) is 10.3 Å². The van der Waals surface area contributed by atoms with E-state index in [1.807, 2.05) is 24.3 Å². The first-order chi connectivity index (χ1) is 12.7. The summed E-state index contributed by atoms with van der Waals surface area (Å²) in [7, 11) is 0. The highest BCUT2D eigenvalue weighted by Crippen LogP contribution is 2.13. The predicted molar refractivity (Wildman–Crippen MR) is 98.6 cm³/mol. The van der Waals surface area contributed by atoms with Crippen LogP contribution in [-0.2, 0) is 16.1 Å².